The van der Waals surface area contributed by atoms with Crippen LogP contribution in [0.15, 0.2) is 27.7 Å². The number of halogens is 4. The fourth-order valence-corrected chi connectivity index (χ4v) is 1.91. The smallest absolute Gasteiger partial charge is 0.416 e. The standard InChI is InChI=1S/C10H7BrF3NO/c11-8-5-6(10(12,13)14)1-2-7(8)9-15-3-4-16-9/h1-2,5H,3-4H2. The summed E-state index contributed by atoms with van der Waals surface area (Å²) in [6, 6.07) is 3.40. The highest BCUT2D eigenvalue weighted by Gasteiger charge is 2.31. The van der Waals surface area contributed by atoms with Crippen molar-refractivity contribution in [3.05, 3.63) is 33.8 Å². The molecule has 1 aliphatic heterocycles. The van der Waals surface area contributed by atoms with Gasteiger partial charge in [-0.05, 0) is 34.1 Å². The summed E-state index contributed by atoms with van der Waals surface area (Å²) in [6.07, 6.45) is -4.33. The van der Waals surface area contributed by atoms with Crippen LogP contribution in [0.25, 0.3) is 0 Å². The van der Waals surface area contributed by atoms with E-state index in [0.29, 0.717) is 29.1 Å². The lowest BCUT2D eigenvalue weighted by atomic mass is 10.1. The quantitative estimate of drug-likeness (QED) is 0.779. The minimum Gasteiger partial charge on any atom is -0.475 e. The van der Waals surface area contributed by atoms with Crippen LogP contribution in [-0.2, 0) is 10.9 Å². The van der Waals surface area contributed by atoms with Gasteiger partial charge in [0.05, 0.1) is 17.7 Å². The Morgan fingerprint density at radius 3 is 2.56 bits per heavy atom. The summed E-state index contributed by atoms with van der Waals surface area (Å²) in [5, 5.41) is 0. The maximum absolute atomic E-state index is 12.4. The molecule has 2 rings (SSSR count). The molecule has 1 aliphatic rings. The highest BCUT2D eigenvalue weighted by molar-refractivity contribution is 9.10. The van der Waals surface area contributed by atoms with Gasteiger partial charge in [-0.25, -0.2) is 4.99 Å². The molecule has 6 heteroatoms. The van der Waals surface area contributed by atoms with E-state index >= 15 is 0 Å². The molecule has 0 aliphatic carbocycles. The molecule has 0 bridgehead atoms. The molecule has 0 aromatic heterocycles. The molecule has 0 unspecified atom stereocenters. The van der Waals surface area contributed by atoms with Gasteiger partial charge >= 0.3 is 6.18 Å². The molecule has 1 heterocycles. The van der Waals surface area contributed by atoms with E-state index in [1.807, 2.05) is 0 Å². The third-order valence-corrected chi connectivity index (χ3v) is 2.77. The average molecular weight is 294 g/mol. The van der Waals surface area contributed by atoms with Crippen LogP contribution in [0.4, 0.5) is 13.2 Å². The SMILES string of the molecule is FC(F)(F)c1ccc(C2=NCCO2)c(Br)c1. The monoisotopic (exact) mass is 293 g/mol. The van der Waals surface area contributed by atoms with Crippen molar-refractivity contribution in [2.75, 3.05) is 13.2 Å². The minimum atomic E-state index is -4.33. The van der Waals surface area contributed by atoms with E-state index in [-0.39, 0.29) is 0 Å². The number of rotatable bonds is 1. The maximum atomic E-state index is 12.4. The van der Waals surface area contributed by atoms with Gasteiger partial charge in [0, 0.05) is 4.47 Å². The Morgan fingerprint density at radius 1 is 1.31 bits per heavy atom. The van der Waals surface area contributed by atoms with Crippen molar-refractivity contribution >= 4 is 21.8 Å². The molecule has 0 fully saturated rings. The highest BCUT2D eigenvalue weighted by atomic mass is 79.9. The number of nitrogens with zero attached hydrogens (tertiary/aromatic N) is 1. The molecule has 0 saturated carbocycles. The summed E-state index contributed by atoms with van der Waals surface area (Å²) in [6.45, 7) is 1.02. The molecule has 0 radical (unpaired) electrons. The summed E-state index contributed by atoms with van der Waals surface area (Å²) in [5.41, 5.74) is -0.146. The molecule has 0 spiro atoms. The zero-order chi connectivity index (χ0) is 11.8. The Bertz CT molecular complexity index is 442. The molecule has 0 N–H and O–H groups in total. The molecule has 1 aromatic rings. The van der Waals surface area contributed by atoms with Gasteiger partial charge in [-0.2, -0.15) is 13.2 Å². The van der Waals surface area contributed by atoms with Crippen LogP contribution in [0.5, 0.6) is 0 Å². The van der Waals surface area contributed by atoms with Gasteiger partial charge in [0.2, 0.25) is 5.90 Å². The first-order valence-electron chi connectivity index (χ1n) is 4.53. The largest absolute Gasteiger partial charge is 0.475 e. The first-order valence-corrected chi connectivity index (χ1v) is 5.32. The molecular weight excluding hydrogens is 287 g/mol. The van der Waals surface area contributed by atoms with Crippen molar-refractivity contribution in [3.8, 4) is 0 Å². The number of aliphatic imine (C=N–C) groups is 1. The maximum Gasteiger partial charge on any atom is 0.416 e. The number of hydrogen-bond donors (Lipinski definition) is 0. The molecule has 0 atom stereocenters. The van der Waals surface area contributed by atoms with Crippen molar-refractivity contribution in [1.29, 1.82) is 0 Å². The molecule has 0 saturated heterocycles. The van der Waals surface area contributed by atoms with Gasteiger partial charge in [0.15, 0.2) is 0 Å². The summed E-state index contributed by atoms with van der Waals surface area (Å²) in [7, 11) is 0. The van der Waals surface area contributed by atoms with Gasteiger partial charge in [0.1, 0.15) is 6.61 Å². The van der Waals surface area contributed by atoms with Crippen molar-refractivity contribution in [1.82, 2.24) is 0 Å². The zero-order valence-corrected chi connectivity index (χ0v) is 9.60. The average Bonchev–Trinajstić information content (AvgIpc) is 2.69. The van der Waals surface area contributed by atoms with Gasteiger partial charge in [-0.3, -0.25) is 0 Å². The lowest BCUT2D eigenvalue weighted by Crippen LogP contribution is -2.07. The van der Waals surface area contributed by atoms with Crippen LogP contribution in [0.1, 0.15) is 11.1 Å². The van der Waals surface area contributed by atoms with Crippen LogP contribution in [0.2, 0.25) is 0 Å². The van der Waals surface area contributed by atoms with E-state index in [4.69, 9.17) is 4.74 Å². The second-order valence-corrected chi connectivity index (χ2v) is 4.08. The van der Waals surface area contributed by atoms with E-state index in [2.05, 4.69) is 20.9 Å². The lowest BCUT2D eigenvalue weighted by molar-refractivity contribution is -0.137. The lowest BCUT2D eigenvalue weighted by Gasteiger charge is -2.09. The van der Waals surface area contributed by atoms with Crippen LogP contribution in [0, 0.1) is 0 Å². The second kappa shape index (κ2) is 4.08. The number of benzene rings is 1. The summed E-state index contributed by atoms with van der Waals surface area (Å²) in [5.74, 6) is 0.389. The third kappa shape index (κ3) is 2.21. The first-order chi connectivity index (χ1) is 7.48. The van der Waals surface area contributed by atoms with Crippen molar-refractivity contribution in [2.45, 2.75) is 6.18 Å². The fourth-order valence-electron chi connectivity index (χ4n) is 1.36. The van der Waals surface area contributed by atoms with E-state index in [1.54, 1.807) is 0 Å². The van der Waals surface area contributed by atoms with E-state index in [0.717, 1.165) is 12.1 Å². The molecule has 2 nitrogen and oxygen atoms in total. The first kappa shape index (κ1) is 11.4. The van der Waals surface area contributed by atoms with Gasteiger partial charge in [-0.15, -0.1) is 0 Å². The Labute approximate surface area is 98.3 Å². The van der Waals surface area contributed by atoms with Gasteiger partial charge in [-0.1, -0.05) is 0 Å². The third-order valence-electron chi connectivity index (χ3n) is 2.11. The summed E-state index contributed by atoms with van der Waals surface area (Å²) >= 11 is 3.09. The topological polar surface area (TPSA) is 21.6 Å². The second-order valence-electron chi connectivity index (χ2n) is 3.23. The fraction of sp³-hybridized carbons (Fsp3) is 0.300. The Kier molecular flexibility index (Phi) is 2.92. The molecule has 16 heavy (non-hydrogen) atoms. The van der Waals surface area contributed by atoms with E-state index in [1.165, 1.54) is 6.07 Å². The van der Waals surface area contributed by atoms with Crippen LogP contribution >= 0.6 is 15.9 Å². The van der Waals surface area contributed by atoms with Gasteiger partial charge in [0.25, 0.3) is 0 Å². The van der Waals surface area contributed by atoms with Crippen LogP contribution in [-0.4, -0.2) is 19.0 Å². The summed E-state index contributed by atoms with van der Waals surface area (Å²) < 4.78 is 42.7. The number of hydrogen-bond acceptors (Lipinski definition) is 2. The van der Waals surface area contributed by atoms with Crippen LogP contribution in [0.3, 0.4) is 0 Å². The van der Waals surface area contributed by atoms with E-state index < -0.39 is 11.7 Å². The van der Waals surface area contributed by atoms with Crippen LogP contribution < -0.4 is 0 Å². The highest BCUT2D eigenvalue weighted by Crippen LogP contribution is 2.32. The predicted octanol–water partition coefficient (Wildman–Crippen LogP) is 3.24. The van der Waals surface area contributed by atoms with Crippen molar-refractivity contribution in [3.63, 3.8) is 0 Å². The van der Waals surface area contributed by atoms with Crippen molar-refractivity contribution < 1.29 is 17.9 Å². The normalized spacial score (nSPS) is 15.9. The molecule has 0 amide bonds. The minimum absolute atomic E-state index is 0.336. The predicted molar refractivity (Wildman–Crippen MR) is 56.5 cm³/mol. The molecule has 1 aromatic carbocycles. The molecular formula is C10H7BrF3NO. The Hall–Kier alpha value is -1.04. The number of ether oxygens (including phenoxy) is 1. The Morgan fingerprint density at radius 2 is 2.06 bits per heavy atom. The zero-order valence-electron chi connectivity index (χ0n) is 8.01. The van der Waals surface area contributed by atoms with E-state index in [9.17, 15) is 13.2 Å². The summed E-state index contributed by atoms with van der Waals surface area (Å²) in [4.78, 5) is 4.04. The number of alkyl halides is 3. The van der Waals surface area contributed by atoms with Gasteiger partial charge < -0.3 is 4.74 Å². The Balaban J connectivity index is 2.37. The van der Waals surface area contributed by atoms with Crippen molar-refractivity contribution in [2.24, 2.45) is 4.99 Å². The molecule has 86 valence electrons.